The number of amides is 1. The summed E-state index contributed by atoms with van der Waals surface area (Å²) in [4.78, 5) is 14.7. The number of carbonyl (C=O) groups excluding carboxylic acids is 1. The molecule has 2 aliphatic rings. The van der Waals surface area contributed by atoms with E-state index in [2.05, 4.69) is 63.3 Å². The van der Waals surface area contributed by atoms with Crippen LogP contribution in [0.5, 0.6) is 0 Å². The van der Waals surface area contributed by atoms with Crippen LogP contribution >= 0.6 is 11.6 Å². The fraction of sp³-hybridized carbons (Fsp3) is 0.323. The van der Waals surface area contributed by atoms with Crippen LogP contribution in [0.1, 0.15) is 68.7 Å². The number of halogens is 1. The maximum atomic E-state index is 13.0. The number of nitrogens with zero attached hydrogens (tertiary/aromatic N) is 4. The Balaban J connectivity index is 1.34. The zero-order valence-corrected chi connectivity index (χ0v) is 22.7. The molecule has 7 heteroatoms. The minimum absolute atomic E-state index is 0.228. The number of ether oxygens (including phenoxy) is 1. The molecule has 1 aliphatic heterocycles. The average Bonchev–Trinajstić information content (AvgIpc) is 3.23. The molecule has 2 heterocycles. The van der Waals surface area contributed by atoms with Gasteiger partial charge in [0.15, 0.2) is 5.82 Å². The Labute approximate surface area is 227 Å². The fourth-order valence-corrected chi connectivity index (χ4v) is 5.76. The third kappa shape index (κ3) is 4.69. The van der Waals surface area contributed by atoms with Gasteiger partial charge >= 0.3 is 6.09 Å². The predicted molar refractivity (Wildman–Crippen MR) is 150 cm³/mol. The number of aromatic nitrogens is 3. The Hall–Kier alpha value is -3.64. The van der Waals surface area contributed by atoms with Crippen LogP contribution in [0.3, 0.4) is 0 Å². The predicted octanol–water partition coefficient (Wildman–Crippen LogP) is 7.68. The summed E-state index contributed by atoms with van der Waals surface area (Å²) >= 11 is 6.39. The highest BCUT2D eigenvalue weighted by Gasteiger charge is 2.32. The lowest BCUT2D eigenvalue weighted by molar-refractivity contribution is 0.0214. The number of benzene rings is 3. The molecule has 0 saturated carbocycles. The van der Waals surface area contributed by atoms with Gasteiger partial charge in [0.25, 0.3) is 0 Å². The van der Waals surface area contributed by atoms with Crippen LogP contribution in [0.25, 0.3) is 22.0 Å². The lowest BCUT2D eigenvalue weighted by atomic mass is 9.84. The molecule has 0 spiro atoms. The summed E-state index contributed by atoms with van der Waals surface area (Å²) in [7, 11) is 0. The number of hydrogen-bond acceptors (Lipinski definition) is 4. The van der Waals surface area contributed by atoms with Crippen molar-refractivity contribution in [1.29, 1.82) is 0 Å². The summed E-state index contributed by atoms with van der Waals surface area (Å²) in [6, 6.07) is 20.9. The van der Waals surface area contributed by atoms with Crippen molar-refractivity contribution in [2.24, 2.45) is 0 Å². The van der Waals surface area contributed by atoms with E-state index in [4.69, 9.17) is 16.3 Å². The van der Waals surface area contributed by atoms with Gasteiger partial charge in [-0.25, -0.2) is 4.79 Å². The molecule has 0 fully saturated rings. The van der Waals surface area contributed by atoms with E-state index in [1.165, 1.54) is 21.9 Å². The minimum Gasteiger partial charge on any atom is -0.444 e. The van der Waals surface area contributed by atoms with Crippen LogP contribution in [0.4, 0.5) is 4.79 Å². The molecular weight excluding hydrogens is 496 g/mol. The van der Waals surface area contributed by atoms with Crippen LogP contribution in [-0.4, -0.2) is 31.4 Å². The molecule has 0 bridgehead atoms. The molecule has 0 saturated heterocycles. The van der Waals surface area contributed by atoms with E-state index in [0.29, 0.717) is 18.1 Å². The van der Waals surface area contributed by atoms with Crippen LogP contribution in [0.2, 0.25) is 5.02 Å². The van der Waals surface area contributed by atoms with Gasteiger partial charge in [0.05, 0.1) is 18.8 Å². The molecule has 1 amide bonds. The van der Waals surface area contributed by atoms with Crippen molar-refractivity contribution in [2.75, 3.05) is 0 Å². The van der Waals surface area contributed by atoms with Gasteiger partial charge in [-0.15, -0.1) is 10.2 Å². The van der Waals surface area contributed by atoms with Crippen molar-refractivity contribution in [1.82, 2.24) is 19.7 Å². The van der Waals surface area contributed by atoms with E-state index in [1.54, 1.807) is 4.90 Å². The van der Waals surface area contributed by atoms with E-state index in [9.17, 15) is 4.79 Å². The molecular formula is C31H31ClN4O2. The zero-order chi connectivity index (χ0) is 26.4. The monoisotopic (exact) mass is 526 g/mol. The van der Waals surface area contributed by atoms with E-state index >= 15 is 0 Å². The maximum Gasteiger partial charge on any atom is 0.411 e. The Morgan fingerprint density at radius 1 is 1.03 bits per heavy atom. The van der Waals surface area contributed by atoms with Gasteiger partial charge in [0.1, 0.15) is 11.4 Å². The van der Waals surface area contributed by atoms with Crippen LogP contribution < -0.4 is 0 Å². The maximum absolute atomic E-state index is 13.0. The summed E-state index contributed by atoms with van der Waals surface area (Å²) in [6.07, 6.45) is 4.82. The molecule has 0 N–H and O–H groups in total. The molecule has 194 valence electrons. The minimum atomic E-state index is -0.588. The first-order chi connectivity index (χ1) is 18.3. The number of fused-ring (bicyclic) bond motifs is 4. The van der Waals surface area contributed by atoms with Crippen molar-refractivity contribution < 1.29 is 9.53 Å². The number of carbonyl (C=O) groups is 1. The quantitative estimate of drug-likeness (QED) is 0.269. The van der Waals surface area contributed by atoms with Crippen molar-refractivity contribution in [3.05, 3.63) is 94.5 Å². The summed E-state index contributed by atoms with van der Waals surface area (Å²) in [5, 5.41) is 12.4. The van der Waals surface area contributed by atoms with Gasteiger partial charge in [-0.2, -0.15) is 0 Å². The third-order valence-corrected chi connectivity index (χ3v) is 7.53. The van der Waals surface area contributed by atoms with Gasteiger partial charge in [-0.1, -0.05) is 60.1 Å². The SMILES string of the molecule is CC(C)(C)OC(=O)N1Cc2cc(Cl)ccc2-n2c(nnc2C2CC=C(c3cccc4ccccc34)CC2)C1. The molecule has 6 nitrogen and oxygen atoms in total. The average molecular weight is 527 g/mol. The van der Waals surface area contributed by atoms with Crippen molar-refractivity contribution >= 4 is 34.0 Å². The van der Waals surface area contributed by atoms with Crippen LogP contribution in [-0.2, 0) is 17.8 Å². The second kappa shape index (κ2) is 9.59. The molecule has 1 aliphatic carbocycles. The molecule has 0 radical (unpaired) electrons. The van der Waals surface area contributed by atoms with E-state index in [1.807, 2.05) is 39.0 Å². The Morgan fingerprint density at radius 2 is 1.84 bits per heavy atom. The largest absolute Gasteiger partial charge is 0.444 e. The van der Waals surface area contributed by atoms with Gasteiger partial charge < -0.3 is 4.74 Å². The van der Waals surface area contributed by atoms with Crippen molar-refractivity contribution in [3.8, 4) is 5.69 Å². The first-order valence-corrected chi connectivity index (χ1v) is 13.5. The van der Waals surface area contributed by atoms with E-state index < -0.39 is 5.60 Å². The lowest BCUT2D eigenvalue weighted by Crippen LogP contribution is -2.35. The molecule has 1 aromatic heterocycles. The zero-order valence-electron chi connectivity index (χ0n) is 21.9. The first kappa shape index (κ1) is 24.7. The summed E-state index contributed by atoms with van der Waals surface area (Å²) < 4.78 is 7.83. The summed E-state index contributed by atoms with van der Waals surface area (Å²) in [5.41, 5.74) is 4.03. The highest BCUT2D eigenvalue weighted by molar-refractivity contribution is 6.30. The highest BCUT2D eigenvalue weighted by atomic mass is 35.5. The van der Waals surface area contributed by atoms with Gasteiger partial charge in [0, 0.05) is 10.9 Å². The summed E-state index contributed by atoms with van der Waals surface area (Å²) in [6.45, 7) is 6.33. The van der Waals surface area contributed by atoms with Crippen LogP contribution in [0, 0.1) is 0 Å². The van der Waals surface area contributed by atoms with Crippen molar-refractivity contribution in [2.45, 2.75) is 64.6 Å². The number of rotatable bonds is 2. The second-order valence-corrected chi connectivity index (χ2v) is 11.6. The van der Waals surface area contributed by atoms with E-state index in [-0.39, 0.29) is 12.0 Å². The smallest absolute Gasteiger partial charge is 0.411 e. The van der Waals surface area contributed by atoms with Crippen molar-refractivity contribution in [3.63, 3.8) is 0 Å². The van der Waals surface area contributed by atoms with Gasteiger partial charge in [-0.3, -0.25) is 9.47 Å². The molecule has 1 unspecified atom stereocenters. The van der Waals surface area contributed by atoms with E-state index in [0.717, 1.165) is 42.2 Å². The Bertz CT molecular complexity index is 1560. The normalized spacial score (nSPS) is 17.4. The number of allylic oxidation sites excluding steroid dienone is 2. The number of hydrogen-bond donors (Lipinski definition) is 0. The van der Waals surface area contributed by atoms with Gasteiger partial charge in [0.2, 0.25) is 0 Å². The topological polar surface area (TPSA) is 60.2 Å². The molecule has 1 atom stereocenters. The lowest BCUT2D eigenvalue weighted by Gasteiger charge is -2.26. The molecule has 3 aromatic carbocycles. The van der Waals surface area contributed by atoms with Gasteiger partial charge in [-0.05, 0) is 85.7 Å². The first-order valence-electron chi connectivity index (χ1n) is 13.1. The Morgan fingerprint density at radius 3 is 2.63 bits per heavy atom. The molecule has 4 aromatic rings. The molecule has 6 rings (SSSR count). The fourth-order valence-electron chi connectivity index (χ4n) is 5.57. The highest BCUT2D eigenvalue weighted by Crippen LogP contribution is 2.39. The Kier molecular flexibility index (Phi) is 6.23. The molecule has 38 heavy (non-hydrogen) atoms. The summed E-state index contributed by atoms with van der Waals surface area (Å²) in [5.74, 6) is 1.89. The third-order valence-electron chi connectivity index (χ3n) is 7.29. The van der Waals surface area contributed by atoms with Crippen LogP contribution in [0.15, 0.2) is 66.7 Å². The second-order valence-electron chi connectivity index (χ2n) is 11.1. The standard InChI is InChI=1S/C31H31ClN4O2/c1-31(2,3)38-30(37)35-18-23-17-24(32)15-16-27(23)36-28(19-35)33-34-29(36)22-13-11-21(12-14-22)26-10-6-8-20-7-4-5-9-25(20)26/h4-11,15-17,22H,12-14,18-19H2,1-3H3.